The van der Waals surface area contributed by atoms with Gasteiger partial charge in [0.15, 0.2) is 0 Å². The number of hydrogen-bond donors (Lipinski definition) is 1. The second-order valence-electron chi connectivity index (χ2n) is 3.47. The highest BCUT2D eigenvalue weighted by molar-refractivity contribution is 5.44. The molecule has 0 atom stereocenters. The van der Waals surface area contributed by atoms with Crippen molar-refractivity contribution in [2.45, 2.75) is 26.2 Å². The molecule has 1 rings (SSSR count). The Morgan fingerprint density at radius 2 is 2.00 bits per heavy atom. The maximum Gasteiger partial charge on any atom is 0.0342 e. The van der Waals surface area contributed by atoms with Crippen LogP contribution in [0.5, 0.6) is 0 Å². The molecule has 1 aromatic rings. The summed E-state index contributed by atoms with van der Waals surface area (Å²) in [5, 5.41) is 3.26. The molecule has 0 saturated heterocycles. The molecule has 0 radical (unpaired) electrons. The molecule has 0 aromatic heterocycles. The molecule has 0 heterocycles. The lowest BCUT2D eigenvalue weighted by atomic mass is 10.1. The van der Waals surface area contributed by atoms with Crippen molar-refractivity contribution in [2.75, 3.05) is 11.9 Å². The van der Waals surface area contributed by atoms with Crippen molar-refractivity contribution in [1.82, 2.24) is 0 Å². The van der Waals surface area contributed by atoms with Gasteiger partial charge in [-0.2, -0.15) is 0 Å². The molecule has 1 nitrogen and oxygen atoms in total. The average Bonchev–Trinajstić information content (AvgIpc) is 2.25. The van der Waals surface area contributed by atoms with Crippen LogP contribution in [0.4, 0.5) is 5.69 Å². The van der Waals surface area contributed by atoms with E-state index in [4.69, 9.17) is 0 Å². The lowest BCUT2D eigenvalue weighted by Crippen LogP contribution is -1.97. The second-order valence-corrected chi connectivity index (χ2v) is 3.47. The zero-order chi connectivity index (χ0) is 10.2. The van der Waals surface area contributed by atoms with Crippen LogP contribution in [-0.4, -0.2) is 6.54 Å². The monoisotopic (exact) mass is 189 g/mol. The van der Waals surface area contributed by atoms with Crippen LogP contribution >= 0.6 is 0 Å². The fourth-order valence-corrected chi connectivity index (χ4v) is 1.36. The summed E-state index contributed by atoms with van der Waals surface area (Å²) in [6, 6.07) is 8.66. The van der Waals surface area contributed by atoms with E-state index in [1.807, 2.05) is 6.08 Å². The number of hydrogen-bond acceptors (Lipinski definition) is 1. The third-order valence-corrected chi connectivity index (χ3v) is 2.22. The molecule has 0 amide bonds. The summed E-state index contributed by atoms with van der Waals surface area (Å²) >= 11 is 0. The summed E-state index contributed by atoms with van der Waals surface area (Å²) in [5.41, 5.74) is 2.60. The molecular weight excluding hydrogens is 170 g/mol. The van der Waals surface area contributed by atoms with Crippen LogP contribution in [0.25, 0.3) is 0 Å². The van der Waals surface area contributed by atoms with Gasteiger partial charge >= 0.3 is 0 Å². The molecule has 14 heavy (non-hydrogen) atoms. The van der Waals surface area contributed by atoms with E-state index in [1.165, 1.54) is 30.5 Å². The number of aryl methyl sites for hydroxylation is 1. The Kier molecular flexibility index (Phi) is 4.84. The van der Waals surface area contributed by atoms with Gasteiger partial charge in [-0.25, -0.2) is 0 Å². The number of anilines is 1. The molecule has 0 saturated carbocycles. The van der Waals surface area contributed by atoms with Gasteiger partial charge in [-0.1, -0.05) is 31.6 Å². The number of rotatable bonds is 6. The molecule has 1 aromatic carbocycles. The standard InChI is InChI=1S/C13H19N/c1-3-5-6-12-7-9-13(10-8-12)14-11-4-2/h4,7-10,14H,2-3,5-6,11H2,1H3. The van der Waals surface area contributed by atoms with E-state index in [1.54, 1.807) is 0 Å². The molecule has 0 aliphatic heterocycles. The fourth-order valence-electron chi connectivity index (χ4n) is 1.36. The van der Waals surface area contributed by atoms with Gasteiger partial charge in [-0.05, 0) is 30.5 Å². The zero-order valence-electron chi connectivity index (χ0n) is 8.92. The van der Waals surface area contributed by atoms with Crippen LogP contribution in [0.15, 0.2) is 36.9 Å². The number of nitrogens with one attached hydrogen (secondary N) is 1. The first-order valence-electron chi connectivity index (χ1n) is 5.30. The minimum atomic E-state index is 0.828. The summed E-state index contributed by atoms with van der Waals surface area (Å²) in [5.74, 6) is 0. The van der Waals surface area contributed by atoms with Crippen molar-refractivity contribution in [2.24, 2.45) is 0 Å². The van der Waals surface area contributed by atoms with Gasteiger partial charge in [-0.15, -0.1) is 6.58 Å². The largest absolute Gasteiger partial charge is 0.382 e. The van der Waals surface area contributed by atoms with Crippen LogP contribution in [-0.2, 0) is 6.42 Å². The first-order chi connectivity index (χ1) is 6.86. The maximum absolute atomic E-state index is 3.67. The van der Waals surface area contributed by atoms with Gasteiger partial charge in [0.25, 0.3) is 0 Å². The van der Waals surface area contributed by atoms with E-state index in [0.29, 0.717) is 0 Å². The molecule has 1 N–H and O–H groups in total. The number of unbranched alkanes of at least 4 members (excludes halogenated alkanes) is 1. The van der Waals surface area contributed by atoms with Crippen molar-refractivity contribution >= 4 is 5.69 Å². The van der Waals surface area contributed by atoms with E-state index in [-0.39, 0.29) is 0 Å². The Hall–Kier alpha value is -1.24. The van der Waals surface area contributed by atoms with Crippen molar-refractivity contribution in [1.29, 1.82) is 0 Å². The lowest BCUT2D eigenvalue weighted by Gasteiger charge is -2.04. The van der Waals surface area contributed by atoms with Crippen molar-refractivity contribution in [3.8, 4) is 0 Å². The summed E-state index contributed by atoms with van der Waals surface area (Å²) in [4.78, 5) is 0. The van der Waals surface area contributed by atoms with Crippen molar-refractivity contribution in [3.05, 3.63) is 42.5 Å². The van der Waals surface area contributed by atoms with Crippen molar-refractivity contribution < 1.29 is 0 Å². The minimum absolute atomic E-state index is 0.828. The van der Waals surface area contributed by atoms with Gasteiger partial charge in [0.05, 0.1) is 0 Å². The first-order valence-corrected chi connectivity index (χ1v) is 5.30. The Labute approximate surface area is 86.8 Å². The minimum Gasteiger partial charge on any atom is -0.382 e. The topological polar surface area (TPSA) is 12.0 Å². The van der Waals surface area contributed by atoms with Crippen LogP contribution in [0.1, 0.15) is 25.3 Å². The molecule has 0 aliphatic carbocycles. The quantitative estimate of drug-likeness (QED) is 0.674. The van der Waals surface area contributed by atoms with E-state index >= 15 is 0 Å². The normalized spacial score (nSPS) is 9.79. The molecule has 1 heteroatoms. The first kappa shape index (κ1) is 10.8. The van der Waals surface area contributed by atoms with Crippen LogP contribution in [0.3, 0.4) is 0 Å². The molecular formula is C13H19N. The van der Waals surface area contributed by atoms with Gasteiger partial charge in [0.1, 0.15) is 0 Å². The number of benzene rings is 1. The second kappa shape index (κ2) is 6.25. The Balaban J connectivity index is 2.46. The van der Waals surface area contributed by atoms with Gasteiger partial charge in [0.2, 0.25) is 0 Å². The van der Waals surface area contributed by atoms with Crippen LogP contribution < -0.4 is 5.32 Å². The van der Waals surface area contributed by atoms with Crippen LogP contribution in [0.2, 0.25) is 0 Å². The lowest BCUT2D eigenvalue weighted by molar-refractivity contribution is 0.795. The van der Waals surface area contributed by atoms with Gasteiger partial charge in [0, 0.05) is 12.2 Å². The summed E-state index contributed by atoms with van der Waals surface area (Å²) < 4.78 is 0. The van der Waals surface area contributed by atoms with Gasteiger partial charge in [-0.3, -0.25) is 0 Å². The highest BCUT2D eigenvalue weighted by atomic mass is 14.8. The van der Waals surface area contributed by atoms with E-state index in [2.05, 4.69) is 43.1 Å². The summed E-state index contributed by atoms with van der Waals surface area (Å²) in [6.45, 7) is 6.72. The summed E-state index contributed by atoms with van der Waals surface area (Å²) in [6.07, 6.45) is 5.60. The van der Waals surface area contributed by atoms with E-state index in [9.17, 15) is 0 Å². The Morgan fingerprint density at radius 1 is 1.29 bits per heavy atom. The van der Waals surface area contributed by atoms with Crippen LogP contribution in [0, 0.1) is 0 Å². The molecule has 0 fully saturated rings. The molecule has 0 aliphatic rings. The SMILES string of the molecule is C=CCNc1ccc(CCCC)cc1. The maximum atomic E-state index is 3.67. The van der Waals surface area contributed by atoms with E-state index < -0.39 is 0 Å². The Bertz CT molecular complexity index is 261. The smallest absolute Gasteiger partial charge is 0.0342 e. The molecule has 0 unspecified atom stereocenters. The highest BCUT2D eigenvalue weighted by Crippen LogP contribution is 2.11. The summed E-state index contributed by atoms with van der Waals surface area (Å²) in [7, 11) is 0. The molecule has 0 bridgehead atoms. The predicted molar refractivity (Wildman–Crippen MR) is 63.7 cm³/mol. The fraction of sp³-hybridized carbons (Fsp3) is 0.385. The van der Waals surface area contributed by atoms with Gasteiger partial charge < -0.3 is 5.32 Å². The van der Waals surface area contributed by atoms with Crippen molar-refractivity contribution in [3.63, 3.8) is 0 Å². The van der Waals surface area contributed by atoms with E-state index in [0.717, 1.165) is 6.54 Å². The zero-order valence-corrected chi connectivity index (χ0v) is 8.92. The predicted octanol–water partition coefficient (Wildman–Crippen LogP) is 3.63. The molecule has 0 spiro atoms. The third kappa shape index (κ3) is 3.65. The third-order valence-electron chi connectivity index (χ3n) is 2.22. The molecule has 76 valence electrons. The average molecular weight is 189 g/mol. The highest BCUT2D eigenvalue weighted by Gasteiger charge is 1.92. The Morgan fingerprint density at radius 3 is 2.57 bits per heavy atom.